The number of ether oxygens (including phenoxy) is 1. The van der Waals surface area contributed by atoms with Gasteiger partial charge in [0.25, 0.3) is 5.56 Å². The van der Waals surface area contributed by atoms with E-state index in [1.807, 2.05) is 0 Å². The molecule has 2 aromatic rings. The first-order chi connectivity index (χ1) is 17.6. The predicted octanol–water partition coefficient (Wildman–Crippen LogP) is -3.29. The Morgan fingerprint density at radius 1 is 1.16 bits per heavy atom. The molecule has 1 aliphatic heterocycles. The van der Waals surface area contributed by atoms with Gasteiger partial charge in [0.15, 0.2) is 17.4 Å². The normalized spacial score (nSPS) is 22.3. The van der Waals surface area contributed by atoms with Gasteiger partial charge >= 0.3 is 19.7 Å². The molecule has 0 aromatic carbocycles. The van der Waals surface area contributed by atoms with Crippen LogP contribution in [0.3, 0.4) is 0 Å². The summed E-state index contributed by atoms with van der Waals surface area (Å²) >= 11 is 0. The van der Waals surface area contributed by atoms with Crippen molar-refractivity contribution in [2.45, 2.75) is 56.5 Å². The number of fused-ring (bicyclic) bond motifs is 1. The molecule has 38 heavy (non-hydrogen) atoms. The van der Waals surface area contributed by atoms with Crippen molar-refractivity contribution in [2.24, 2.45) is 5.50 Å². The lowest BCUT2D eigenvalue weighted by Gasteiger charge is -2.32. The third kappa shape index (κ3) is 8.79. The number of nitrogens with two attached hydrogens (primary N) is 2. The van der Waals surface area contributed by atoms with Gasteiger partial charge in [-0.05, 0) is 12.8 Å². The zero-order chi connectivity index (χ0) is 28.8. The third-order valence-corrected chi connectivity index (χ3v) is 5.34. The van der Waals surface area contributed by atoms with Crippen LogP contribution in [0.1, 0.15) is 31.9 Å². The van der Waals surface area contributed by atoms with E-state index in [-0.39, 0.29) is 55.9 Å². The monoisotopic (exact) mass is 567 g/mol. The standard InChI is InChI=1S/C18H26N6O9.H4NO3P/c19-18-21-14-10(15(31)22-18)20-7-24(14)17-12(30)11(29)13(33-17)16(32)23(5-1-3-8(25)26)6-2-4-9(27)28;1-5(2,3)4/h7,11-13,16-17,29-30,32H,1-6H2,(H,25,26)(H,27,28)(H3,19,21,22,31);(H4,1,2,3,4)/t11-,12+,13-,16?,17+;/m0./s1. The second kappa shape index (κ2) is 13.2. The van der Waals surface area contributed by atoms with Crippen molar-refractivity contribution in [1.29, 1.82) is 0 Å². The van der Waals surface area contributed by atoms with Gasteiger partial charge in [-0.1, -0.05) is 0 Å². The molecule has 0 bridgehead atoms. The minimum absolute atomic E-state index is 0.00223. The minimum atomic E-state index is -4.14. The highest BCUT2D eigenvalue weighted by Gasteiger charge is 2.48. The molecule has 3 rings (SSSR count). The number of aliphatic carboxylic acids is 2. The number of H-pyrrole nitrogens is 1. The van der Waals surface area contributed by atoms with E-state index < -0.39 is 56.0 Å². The quantitative estimate of drug-likeness (QED) is 0.0938. The molecular weight excluding hydrogens is 537 g/mol. The average Bonchev–Trinajstić information content (AvgIpc) is 3.32. The summed E-state index contributed by atoms with van der Waals surface area (Å²) < 4.78 is 16.0. The number of nitrogens with one attached hydrogen (secondary N) is 1. The molecule has 0 aliphatic carbocycles. The molecule has 12 N–H and O–H groups in total. The Morgan fingerprint density at radius 2 is 1.68 bits per heavy atom. The topological polar surface area (TPSA) is 321 Å². The summed E-state index contributed by atoms with van der Waals surface area (Å²) in [5.74, 6) is -2.25. The highest BCUT2D eigenvalue weighted by atomic mass is 31.2. The Hall–Kier alpha value is -3.00. The van der Waals surface area contributed by atoms with E-state index in [2.05, 4.69) is 20.5 Å². The number of carboxylic acid groups (broad SMARTS) is 2. The van der Waals surface area contributed by atoms with E-state index in [0.717, 1.165) is 0 Å². The summed E-state index contributed by atoms with van der Waals surface area (Å²) in [4.78, 5) is 60.1. The largest absolute Gasteiger partial charge is 0.481 e. The fourth-order valence-electron chi connectivity index (χ4n) is 3.74. The van der Waals surface area contributed by atoms with Crippen molar-refractivity contribution in [2.75, 3.05) is 18.8 Å². The number of aromatic nitrogens is 4. The number of hydrogen-bond acceptors (Lipinski definition) is 12. The van der Waals surface area contributed by atoms with Crippen LogP contribution in [0.5, 0.6) is 0 Å². The maximum atomic E-state index is 12.0. The molecule has 1 fully saturated rings. The van der Waals surface area contributed by atoms with Crippen molar-refractivity contribution in [3.05, 3.63) is 16.7 Å². The number of imidazole rings is 1. The van der Waals surface area contributed by atoms with Gasteiger partial charge in [0.05, 0.1) is 6.33 Å². The lowest BCUT2D eigenvalue weighted by molar-refractivity contribution is -0.144. The Kier molecular flexibility index (Phi) is 10.8. The summed E-state index contributed by atoms with van der Waals surface area (Å²) in [6, 6.07) is 0. The second-order valence-electron chi connectivity index (χ2n) is 8.28. The molecule has 1 saturated heterocycles. The number of nitrogen functional groups attached to an aromatic ring is 1. The van der Waals surface area contributed by atoms with E-state index >= 15 is 0 Å². The summed E-state index contributed by atoms with van der Waals surface area (Å²) in [5.41, 5.74) is 8.92. The smallest absolute Gasteiger partial charge is 0.397 e. The molecule has 5 atom stereocenters. The number of nitrogens with zero attached hydrogens (tertiary/aromatic N) is 4. The van der Waals surface area contributed by atoms with Crippen LogP contribution in [0, 0.1) is 0 Å². The SMILES string of the molecule is NP(=O)(O)O.Nc1nc2c(ncn2[C@@H]2O[C@H](C(O)N(CCCC(=O)O)CCCC(=O)O)[C@@H](O)[C@H]2O)c(=O)[nH]1. The molecule has 0 amide bonds. The van der Waals surface area contributed by atoms with E-state index in [1.165, 1.54) is 15.8 Å². The van der Waals surface area contributed by atoms with Crippen LogP contribution in [-0.2, 0) is 18.9 Å². The van der Waals surface area contributed by atoms with Crippen molar-refractivity contribution < 1.29 is 54.2 Å². The maximum absolute atomic E-state index is 12.0. The number of carbonyl (C=O) groups is 2. The summed E-state index contributed by atoms with van der Waals surface area (Å²) in [6.45, 7) is 0.170. The summed E-state index contributed by atoms with van der Waals surface area (Å²) in [6.07, 6.45) is -6.05. The zero-order valence-electron chi connectivity index (χ0n) is 19.8. The molecule has 1 aliphatic rings. The Labute approximate surface area is 213 Å². The lowest BCUT2D eigenvalue weighted by atomic mass is 10.1. The van der Waals surface area contributed by atoms with Gasteiger partial charge in [0.2, 0.25) is 5.95 Å². The molecule has 1 unspecified atom stereocenters. The highest BCUT2D eigenvalue weighted by Crippen LogP contribution is 2.33. The van der Waals surface area contributed by atoms with Crippen LogP contribution in [-0.4, -0.2) is 109 Å². The lowest BCUT2D eigenvalue weighted by Crippen LogP contribution is -2.49. The molecule has 0 radical (unpaired) electrons. The molecule has 2 aromatic heterocycles. The first-order valence-corrected chi connectivity index (χ1v) is 12.7. The fourth-order valence-corrected chi connectivity index (χ4v) is 3.74. The summed E-state index contributed by atoms with van der Waals surface area (Å²) in [5, 5.41) is 49.7. The molecule has 3 heterocycles. The number of aliphatic hydroxyl groups excluding tert-OH is 3. The van der Waals surface area contributed by atoms with Crippen LogP contribution in [0.2, 0.25) is 0 Å². The maximum Gasteiger partial charge on any atom is 0.397 e. The number of anilines is 1. The third-order valence-electron chi connectivity index (χ3n) is 5.34. The highest BCUT2D eigenvalue weighted by molar-refractivity contribution is 7.49. The van der Waals surface area contributed by atoms with Gasteiger partial charge in [-0.2, -0.15) is 4.98 Å². The van der Waals surface area contributed by atoms with E-state index in [4.69, 9.17) is 35.0 Å². The van der Waals surface area contributed by atoms with Crippen molar-refractivity contribution >= 4 is 36.8 Å². The van der Waals surface area contributed by atoms with Crippen molar-refractivity contribution in [3.8, 4) is 0 Å². The predicted molar refractivity (Wildman–Crippen MR) is 126 cm³/mol. The van der Waals surface area contributed by atoms with Gasteiger partial charge in [-0.3, -0.25) is 28.8 Å². The number of hydrogen-bond donors (Lipinski definition) is 10. The van der Waals surface area contributed by atoms with Crippen LogP contribution in [0.25, 0.3) is 11.2 Å². The summed E-state index contributed by atoms with van der Waals surface area (Å²) in [7, 11) is -4.14. The fraction of sp³-hybridized carbons (Fsp3) is 0.611. The van der Waals surface area contributed by atoms with Crippen molar-refractivity contribution in [3.63, 3.8) is 0 Å². The van der Waals surface area contributed by atoms with Gasteiger partial charge in [0.1, 0.15) is 24.5 Å². The number of aromatic amines is 1. The zero-order valence-corrected chi connectivity index (χ0v) is 20.7. The first-order valence-electron chi connectivity index (χ1n) is 11.0. The minimum Gasteiger partial charge on any atom is -0.481 e. The van der Waals surface area contributed by atoms with Gasteiger partial charge in [-0.25, -0.2) is 15.1 Å². The average molecular weight is 567 g/mol. The molecule has 0 saturated carbocycles. The van der Waals surface area contributed by atoms with E-state index in [1.54, 1.807) is 0 Å². The van der Waals surface area contributed by atoms with Gasteiger partial charge in [-0.15, -0.1) is 0 Å². The Balaban J connectivity index is 0.000000926. The second-order valence-corrected chi connectivity index (χ2v) is 9.46. The molecular formula is C18H30N7O12P. The van der Waals surface area contributed by atoms with Crippen LogP contribution in [0.15, 0.2) is 11.1 Å². The van der Waals surface area contributed by atoms with E-state index in [0.29, 0.717) is 0 Å². The Bertz CT molecular complexity index is 1190. The number of aliphatic hydroxyl groups is 3. The van der Waals surface area contributed by atoms with Gasteiger partial charge < -0.3 is 45.8 Å². The van der Waals surface area contributed by atoms with Gasteiger partial charge in [0, 0.05) is 25.9 Å². The number of carboxylic acids is 2. The Morgan fingerprint density at radius 3 is 2.18 bits per heavy atom. The molecule has 214 valence electrons. The van der Waals surface area contributed by atoms with Crippen LogP contribution in [0.4, 0.5) is 5.95 Å². The van der Waals surface area contributed by atoms with E-state index in [9.17, 15) is 29.7 Å². The van der Waals surface area contributed by atoms with Crippen LogP contribution >= 0.6 is 7.75 Å². The van der Waals surface area contributed by atoms with Crippen molar-refractivity contribution in [1.82, 2.24) is 24.4 Å². The first kappa shape index (κ1) is 31.2. The molecule has 0 spiro atoms. The van der Waals surface area contributed by atoms with Crippen LogP contribution < -0.4 is 16.8 Å². The molecule has 19 nitrogen and oxygen atoms in total. The molecule has 20 heteroatoms. The number of rotatable bonds is 11.